The number of amides is 1. The first-order valence-corrected chi connectivity index (χ1v) is 10.5. The highest BCUT2D eigenvalue weighted by Crippen LogP contribution is 2.26. The summed E-state index contributed by atoms with van der Waals surface area (Å²) in [6, 6.07) is 10.7. The Bertz CT molecular complexity index is 716. The third-order valence-electron chi connectivity index (χ3n) is 4.59. The van der Waals surface area contributed by atoms with Crippen molar-refractivity contribution in [2.24, 2.45) is 0 Å². The molecule has 7 heteroatoms. The first-order chi connectivity index (χ1) is 13.0. The molecule has 148 valence electrons. The predicted octanol–water partition coefficient (Wildman–Crippen LogP) is 3.35. The Kier molecular flexibility index (Phi) is 8.31. The van der Waals surface area contributed by atoms with Crippen molar-refractivity contribution in [3.63, 3.8) is 0 Å². The minimum Gasteiger partial charge on any atom is -0.353 e. The van der Waals surface area contributed by atoms with E-state index in [9.17, 15) is 4.79 Å². The van der Waals surface area contributed by atoms with Gasteiger partial charge in [0, 0.05) is 6.04 Å². The average molecular weight is 390 g/mol. The molecule has 1 heterocycles. The maximum absolute atomic E-state index is 12.2. The van der Waals surface area contributed by atoms with Gasteiger partial charge in [-0.2, -0.15) is 0 Å². The van der Waals surface area contributed by atoms with E-state index in [1.807, 2.05) is 25.1 Å². The lowest BCUT2D eigenvalue weighted by Crippen LogP contribution is -2.33. The Morgan fingerprint density at radius 3 is 2.48 bits per heavy atom. The van der Waals surface area contributed by atoms with Gasteiger partial charge in [-0.3, -0.25) is 9.69 Å². The van der Waals surface area contributed by atoms with Crippen LogP contribution in [-0.4, -0.2) is 51.5 Å². The van der Waals surface area contributed by atoms with Crippen LogP contribution in [0, 0.1) is 0 Å². The Morgan fingerprint density at radius 1 is 1.19 bits per heavy atom. The minimum absolute atomic E-state index is 0.0322. The van der Waals surface area contributed by atoms with Gasteiger partial charge in [0.05, 0.1) is 18.3 Å². The second-order valence-corrected chi connectivity index (χ2v) is 7.91. The van der Waals surface area contributed by atoms with Crippen LogP contribution in [0.25, 0.3) is 0 Å². The summed E-state index contributed by atoms with van der Waals surface area (Å²) in [7, 11) is 4.12. The zero-order valence-electron chi connectivity index (χ0n) is 17.0. The van der Waals surface area contributed by atoms with E-state index in [1.54, 1.807) is 0 Å². The van der Waals surface area contributed by atoms with Crippen molar-refractivity contribution in [3.05, 3.63) is 41.7 Å². The van der Waals surface area contributed by atoms with Crippen molar-refractivity contribution in [2.45, 2.75) is 57.4 Å². The van der Waals surface area contributed by atoms with Crippen LogP contribution in [0.1, 0.15) is 51.0 Å². The predicted molar refractivity (Wildman–Crippen MR) is 111 cm³/mol. The third-order valence-corrected chi connectivity index (χ3v) is 5.56. The number of hydrogen-bond donors (Lipinski definition) is 1. The molecule has 2 atom stereocenters. The van der Waals surface area contributed by atoms with Gasteiger partial charge in [-0.15, -0.1) is 10.2 Å². The van der Waals surface area contributed by atoms with Gasteiger partial charge in [0.2, 0.25) is 5.91 Å². The molecule has 2 aromatic rings. The van der Waals surface area contributed by atoms with E-state index in [2.05, 4.69) is 65.1 Å². The second kappa shape index (κ2) is 10.5. The SMILES string of the molecule is CC[C@@H](C)NC(=O)CSc1nnc([C@H](CC)N(C)C)n1Cc1ccccc1. The molecular formula is C20H31N5OS. The zero-order valence-corrected chi connectivity index (χ0v) is 17.8. The monoisotopic (exact) mass is 389 g/mol. The van der Waals surface area contributed by atoms with Gasteiger partial charge in [-0.25, -0.2) is 0 Å². The number of hydrogen-bond acceptors (Lipinski definition) is 5. The van der Waals surface area contributed by atoms with E-state index < -0.39 is 0 Å². The minimum atomic E-state index is 0.0322. The summed E-state index contributed by atoms with van der Waals surface area (Å²) < 4.78 is 2.14. The number of rotatable bonds is 10. The Balaban J connectivity index is 2.23. The number of nitrogens with zero attached hydrogens (tertiary/aromatic N) is 4. The molecule has 27 heavy (non-hydrogen) atoms. The Labute approximate surface area is 166 Å². The molecule has 0 radical (unpaired) electrons. The normalized spacial score (nSPS) is 13.6. The van der Waals surface area contributed by atoms with Crippen LogP contribution in [0.15, 0.2) is 35.5 Å². The summed E-state index contributed by atoms with van der Waals surface area (Å²) in [6.45, 7) is 6.93. The Morgan fingerprint density at radius 2 is 1.89 bits per heavy atom. The van der Waals surface area contributed by atoms with Crippen LogP contribution in [0.3, 0.4) is 0 Å². The lowest BCUT2D eigenvalue weighted by Gasteiger charge is -2.23. The standard InChI is InChI=1S/C20H31N5OS/c1-6-15(3)21-18(26)14-27-20-23-22-19(17(7-2)24(4)5)25(20)13-16-11-9-8-10-12-16/h8-12,15,17H,6-7,13-14H2,1-5H3,(H,21,26)/t15-,17+/m1/s1. The lowest BCUT2D eigenvalue weighted by atomic mass is 10.2. The van der Waals surface area contributed by atoms with Gasteiger partial charge < -0.3 is 9.88 Å². The molecule has 0 fully saturated rings. The van der Waals surface area contributed by atoms with Crippen molar-refractivity contribution >= 4 is 17.7 Å². The van der Waals surface area contributed by atoms with E-state index in [-0.39, 0.29) is 18.0 Å². The number of carbonyl (C=O) groups is 1. The van der Waals surface area contributed by atoms with Crippen molar-refractivity contribution in [1.82, 2.24) is 25.0 Å². The summed E-state index contributed by atoms with van der Waals surface area (Å²) in [6.07, 6.45) is 1.87. The van der Waals surface area contributed by atoms with E-state index in [0.717, 1.165) is 23.8 Å². The molecular weight excluding hydrogens is 358 g/mol. The molecule has 0 aliphatic heterocycles. The number of carbonyl (C=O) groups excluding carboxylic acids is 1. The fourth-order valence-corrected chi connectivity index (χ4v) is 3.65. The quantitative estimate of drug-likeness (QED) is 0.632. The van der Waals surface area contributed by atoms with Gasteiger partial charge in [-0.05, 0) is 39.4 Å². The molecule has 0 aliphatic carbocycles. The van der Waals surface area contributed by atoms with Gasteiger partial charge in [0.25, 0.3) is 0 Å². The molecule has 0 unspecified atom stereocenters. The molecule has 1 aromatic carbocycles. The number of benzene rings is 1. The van der Waals surface area contributed by atoms with Crippen LogP contribution in [0.4, 0.5) is 0 Å². The highest BCUT2D eigenvalue weighted by atomic mass is 32.2. The second-order valence-electron chi connectivity index (χ2n) is 6.97. The van der Waals surface area contributed by atoms with E-state index in [4.69, 9.17) is 0 Å². The highest BCUT2D eigenvalue weighted by Gasteiger charge is 2.22. The van der Waals surface area contributed by atoms with Gasteiger partial charge in [0.1, 0.15) is 0 Å². The fraction of sp³-hybridized carbons (Fsp3) is 0.550. The van der Waals surface area contributed by atoms with Crippen LogP contribution < -0.4 is 5.32 Å². The molecule has 0 bridgehead atoms. The molecule has 0 aliphatic rings. The largest absolute Gasteiger partial charge is 0.353 e. The molecule has 0 saturated heterocycles. The van der Waals surface area contributed by atoms with Crippen molar-refractivity contribution in [1.29, 1.82) is 0 Å². The summed E-state index contributed by atoms with van der Waals surface area (Å²) in [5.41, 5.74) is 1.19. The fourth-order valence-electron chi connectivity index (χ4n) is 2.90. The summed E-state index contributed by atoms with van der Waals surface area (Å²) in [5.74, 6) is 1.32. The zero-order chi connectivity index (χ0) is 19.8. The number of nitrogens with one attached hydrogen (secondary N) is 1. The first kappa shape index (κ1) is 21.4. The molecule has 2 rings (SSSR count). The molecule has 0 saturated carbocycles. The van der Waals surface area contributed by atoms with Crippen molar-refractivity contribution in [2.75, 3.05) is 19.8 Å². The Hall–Kier alpha value is -1.86. The summed E-state index contributed by atoms with van der Waals surface area (Å²) in [4.78, 5) is 14.3. The van der Waals surface area contributed by atoms with Crippen LogP contribution in [-0.2, 0) is 11.3 Å². The average Bonchev–Trinajstić information content (AvgIpc) is 3.03. The van der Waals surface area contributed by atoms with Gasteiger partial charge in [0.15, 0.2) is 11.0 Å². The smallest absolute Gasteiger partial charge is 0.230 e. The third kappa shape index (κ3) is 6.07. The maximum atomic E-state index is 12.2. The van der Waals surface area contributed by atoms with E-state index >= 15 is 0 Å². The molecule has 0 spiro atoms. The van der Waals surface area contributed by atoms with Gasteiger partial charge in [-0.1, -0.05) is 55.9 Å². The molecule has 1 amide bonds. The highest BCUT2D eigenvalue weighted by molar-refractivity contribution is 7.99. The number of aromatic nitrogens is 3. The topological polar surface area (TPSA) is 63.1 Å². The lowest BCUT2D eigenvalue weighted by molar-refractivity contribution is -0.119. The van der Waals surface area contributed by atoms with Crippen LogP contribution >= 0.6 is 11.8 Å². The number of thioether (sulfide) groups is 1. The van der Waals surface area contributed by atoms with Crippen LogP contribution in [0.5, 0.6) is 0 Å². The maximum Gasteiger partial charge on any atom is 0.230 e. The molecule has 1 aromatic heterocycles. The first-order valence-electron chi connectivity index (χ1n) is 9.51. The van der Waals surface area contributed by atoms with Crippen molar-refractivity contribution in [3.8, 4) is 0 Å². The van der Waals surface area contributed by atoms with E-state index in [1.165, 1.54) is 17.3 Å². The molecule has 1 N–H and O–H groups in total. The summed E-state index contributed by atoms with van der Waals surface area (Å²) in [5, 5.41) is 12.7. The van der Waals surface area contributed by atoms with Crippen LogP contribution in [0.2, 0.25) is 0 Å². The van der Waals surface area contributed by atoms with Crippen molar-refractivity contribution < 1.29 is 4.79 Å². The summed E-state index contributed by atoms with van der Waals surface area (Å²) >= 11 is 1.45. The molecule has 6 nitrogen and oxygen atoms in total. The van der Waals surface area contributed by atoms with Gasteiger partial charge >= 0.3 is 0 Å². The van der Waals surface area contributed by atoms with E-state index in [0.29, 0.717) is 12.3 Å².